The van der Waals surface area contributed by atoms with E-state index in [9.17, 15) is 14.7 Å². The van der Waals surface area contributed by atoms with E-state index in [-0.39, 0.29) is 43.1 Å². The fourth-order valence-electron chi connectivity index (χ4n) is 7.15. The first-order chi connectivity index (χ1) is 16.3. The van der Waals surface area contributed by atoms with Crippen LogP contribution in [0.5, 0.6) is 0 Å². The second-order valence-corrected chi connectivity index (χ2v) is 12.4. The fourth-order valence-corrected chi connectivity index (χ4v) is 7.15. The number of fused-ring (bicyclic) bond motifs is 2. The number of esters is 2. The Labute approximate surface area is 207 Å². The Hall–Kier alpha value is -1.10. The highest BCUT2D eigenvalue weighted by Crippen LogP contribution is 2.50. The quantitative estimate of drug-likeness (QED) is 0.308. The lowest BCUT2D eigenvalue weighted by Gasteiger charge is -2.45. The van der Waals surface area contributed by atoms with Gasteiger partial charge in [-0.2, -0.15) is 0 Å². The third kappa shape index (κ3) is 9.51. The predicted octanol–water partition coefficient (Wildman–Crippen LogP) is 6.45. The average molecular weight is 479 g/mol. The highest BCUT2D eigenvalue weighted by atomic mass is 16.5. The summed E-state index contributed by atoms with van der Waals surface area (Å²) in [6, 6.07) is 0. The van der Waals surface area contributed by atoms with Crippen LogP contribution in [-0.2, 0) is 19.1 Å². The summed E-state index contributed by atoms with van der Waals surface area (Å²) in [4.78, 5) is 24.7. The van der Waals surface area contributed by atoms with Gasteiger partial charge in [0.05, 0.1) is 32.2 Å². The van der Waals surface area contributed by atoms with Crippen LogP contribution in [0.25, 0.3) is 0 Å². The zero-order chi connectivity index (χ0) is 24.4. The molecule has 3 fully saturated rings. The summed E-state index contributed by atoms with van der Waals surface area (Å²) in [7, 11) is 0. The normalized spacial score (nSPS) is 29.3. The Morgan fingerprint density at radius 3 is 2.24 bits per heavy atom. The fraction of sp³-hybridized carbons (Fsp3) is 0.931. The van der Waals surface area contributed by atoms with Crippen LogP contribution in [0.3, 0.4) is 0 Å². The summed E-state index contributed by atoms with van der Waals surface area (Å²) in [5.74, 6) is 2.33. The molecule has 0 spiro atoms. The molecule has 0 heterocycles. The van der Waals surface area contributed by atoms with Crippen molar-refractivity contribution in [2.24, 2.45) is 35.0 Å². The van der Waals surface area contributed by atoms with Crippen molar-refractivity contribution in [3.8, 4) is 0 Å². The van der Waals surface area contributed by atoms with Crippen molar-refractivity contribution in [2.75, 3.05) is 19.8 Å². The van der Waals surface area contributed by atoms with Crippen LogP contribution >= 0.6 is 0 Å². The van der Waals surface area contributed by atoms with Crippen LogP contribution in [0.1, 0.15) is 117 Å². The first-order valence-electron chi connectivity index (χ1n) is 14.3. The Bertz CT molecular complexity index is 614. The molecule has 5 heteroatoms. The molecule has 0 saturated heterocycles. The van der Waals surface area contributed by atoms with Gasteiger partial charge in [-0.05, 0) is 61.2 Å². The van der Waals surface area contributed by atoms with Crippen LogP contribution in [0, 0.1) is 35.0 Å². The second kappa shape index (κ2) is 13.8. The van der Waals surface area contributed by atoms with Gasteiger partial charge < -0.3 is 14.6 Å². The molecule has 0 aromatic carbocycles. The van der Waals surface area contributed by atoms with Gasteiger partial charge in [0.15, 0.2) is 0 Å². The van der Waals surface area contributed by atoms with Crippen LogP contribution in [0.4, 0.5) is 0 Å². The van der Waals surface area contributed by atoms with E-state index in [1.807, 2.05) is 0 Å². The molecule has 3 aliphatic carbocycles. The van der Waals surface area contributed by atoms with Gasteiger partial charge in [-0.15, -0.1) is 0 Å². The van der Waals surface area contributed by atoms with Crippen molar-refractivity contribution in [1.82, 2.24) is 0 Å². The van der Waals surface area contributed by atoms with E-state index in [0.717, 1.165) is 43.4 Å². The molecular formula is C29H50O5. The minimum absolute atomic E-state index is 0.0420. The SMILES string of the molecule is CC(CCCC(=O)OCC(CO)COC(=O)CC1(C)CC2CCCC(C2)C1)CC1CCCCC1. The second-order valence-electron chi connectivity index (χ2n) is 12.4. The lowest BCUT2D eigenvalue weighted by Crippen LogP contribution is -2.36. The monoisotopic (exact) mass is 478 g/mol. The van der Waals surface area contributed by atoms with Gasteiger partial charge in [0.25, 0.3) is 0 Å². The van der Waals surface area contributed by atoms with E-state index < -0.39 is 0 Å². The van der Waals surface area contributed by atoms with E-state index in [4.69, 9.17) is 9.47 Å². The molecule has 4 atom stereocenters. The van der Waals surface area contributed by atoms with Gasteiger partial charge >= 0.3 is 11.9 Å². The van der Waals surface area contributed by atoms with Crippen LogP contribution in [-0.4, -0.2) is 36.9 Å². The Morgan fingerprint density at radius 1 is 0.941 bits per heavy atom. The van der Waals surface area contributed by atoms with Crippen LogP contribution in [0.2, 0.25) is 0 Å². The van der Waals surface area contributed by atoms with Crippen LogP contribution in [0.15, 0.2) is 0 Å². The summed E-state index contributed by atoms with van der Waals surface area (Å²) < 4.78 is 10.9. The number of aliphatic hydroxyl groups is 1. The summed E-state index contributed by atoms with van der Waals surface area (Å²) >= 11 is 0. The smallest absolute Gasteiger partial charge is 0.306 e. The van der Waals surface area contributed by atoms with Gasteiger partial charge in [-0.25, -0.2) is 0 Å². The summed E-state index contributed by atoms with van der Waals surface area (Å²) in [5.41, 5.74) is 0.0420. The molecule has 0 radical (unpaired) electrons. The molecule has 2 bridgehead atoms. The van der Waals surface area contributed by atoms with E-state index in [1.54, 1.807) is 0 Å². The largest absolute Gasteiger partial charge is 0.465 e. The van der Waals surface area contributed by atoms with Crippen molar-refractivity contribution in [3.63, 3.8) is 0 Å². The molecule has 196 valence electrons. The molecule has 3 rings (SSSR count). The number of carbonyl (C=O) groups is 2. The van der Waals surface area contributed by atoms with Crippen molar-refractivity contribution < 1.29 is 24.2 Å². The van der Waals surface area contributed by atoms with Crippen molar-refractivity contribution >= 4 is 11.9 Å². The molecular weight excluding hydrogens is 428 g/mol. The minimum Gasteiger partial charge on any atom is -0.465 e. The number of rotatable bonds is 13. The molecule has 4 unspecified atom stereocenters. The van der Waals surface area contributed by atoms with E-state index in [1.165, 1.54) is 64.2 Å². The Balaban J connectivity index is 1.26. The number of hydrogen-bond acceptors (Lipinski definition) is 5. The summed E-state index contributed by atoms with van der Waals surface area (Å²) in [6.07, 6.45) is 18.5. The van der Waals surface area contributed by atoms with E-state index >= 15 is 0 Å². The predicted molar refractivity (Wildman–Crippen MR) is 134 cm³/mol. The van der Waals surface area contributed by atoms with Crippen molar-refractivity contribution in [1.29, 1.82) is 0 Å². The Morgan fingerprint density at radius 2 is 1.59 bits per heavy atom. The first kappa shape index (κ1) is 27.5. The molecule has 0 aromatic heterocycles. The van der Waals surface area contributed by atoms with Gasteiger partial charge in [0, 0.05) is 6.42 Å². The van der Waals surface area contributed by atoms with Gasteiger partial charge in [-0.3, -0.25) is 9.59 Å². The summed E-state index contributed by atoms with van der Waals surface area (Å²) in [6.45, 7) is 4.61. The molecule has 5 nitrogen and oxygen atoms in total. The molecule has 0 aromatic rings. The lowest BCUT2D eigenvalue weighted by molar-refractivity contribution is -0.152. The average Bonchev–Trinajstić information content (AvgIpc) is 2.79. The number of hydrogen-bond donors (Lipinski definition) is 1. The maximum atomic E-state index is 12.5. The standard InChI is InChI=1S/C29H50O5/c1-22(14-23-9-4-3-5-10-23)8-6-13-27(31)33-20-26(19-30)21-34-28(32)18-29(2)16-24-11-7-12-25(15-24)17-29/h22-26,30H,3-21H2,1-2H3. The molecule has 1 N–H and O–H groups in total. The lowest BCUT2D eigenvalue weighted by atomic mass is 9.60. The zero-order valence-corrected chi connectivity index (χ0v) is 21.9. The topological polar surface area (TPSA) is 72.8 Å². The molecule has 3 saturated carbocycles. The number of ether oxygens (including phenoxy) is 2. The van der Waals surface area contributed by atoms with E-state index in [2.05, 4.69) is 13.8 Å². The number of carbonyl (C=O) groups excluding carboxylic acids is 2. The van der Waals surface area contributed by atoms with Crippen molar-refractivity contribution in [2.45, 2.75) is 117 Å². The highest BCUT2D eigenvalue weighted by molar-refractivity contribution is 5.70. The molecule has 34 heavy (non-hydrogen) atoms. The maximum absolute atomic E-state index is 12.5. The number of aliphatic hydroxyl groups excluding tert-OH is 1. The summed E-state index contributed by atoms with van der Waals surface area (Å²) in [5, 5.41) is 9.65. The van der Waals surface area contributed by atoms with Gasteiger partial charge in [-0.1, -0.05) is 71.6 Å². The zero-order valence-electron chi connectivity index (χ0n) is 21.9. The molecule has 3 aliphatic rings. The van der Waals surface area contributed by atoms with Crippen molar-refractivity contribution in [3.05, 3.63) is 0 Å². The van der Waals surface area contributed by atoms with Gasteiger partial charge in [0.2, 0.25) is 0 Å². The minimum atomic E-state index is -0.350. The maximum Gasteiger partial charge on any atom is 0.306 e. The first-order valence-corrected chi connectivity index (χ1v) is 14.3. The molecule has 0 amide bonds. The van der Waals surface area contributed by atoms with E-state index in [0.29, 0.717) is 18.8 Å². The van der Waals surface area contributed by atoms with Gasteiger partial charge in [0.1, 0.15) is 0 Å². The third-order valence-electron chi connectivity index (χ3n) is 8.78. The highest BCUT2D eigenvalue weighted by Gasteiger charge is 2.40. The third-order valence-corrected chi connectivity index (χ3v) is 8.78. The van der Waals surface area contributed by atoms with Crippen LogP contribution < -0.4 is 0 Å². The molecule has 0 aliphatic heterocycles. The Kier molecular flexibility index (Phi) is 11.2.